The molecule has 13 nitrogen and oxygen atoms in total. The summed E-state index contributed by atoms with van der Waals surface area (Å²) in [6.07, 6.45) is 0. The van der Waals surface area contributed by atoms with Crippen molar-refractivity contribution in [3.8, 4) is 0 Å². The zero-order chi connectivity index (χ0) is 18.5. The fourth-order valence-electron chi connectivity index (χ4n) is 2.73. The van der Waals surface area contributed by atoms with Crippen LogP contribution in [0.4, 0.5) is 22.7 Å². The Morgan fingerprint density at radius 1 is 0.692 bits per heavy atom. The van der Waals surface area contributed by atoms with Gasteiger partial charge in [0.2, 0.25) is 0 Å². The van der Waals surface area contributed by atoms with E-state index < -0.39 is 53.3 Å². The number of hydrogen-bond donors (Lipinski definition) is 1. The van der Waals surface area contributed by atoms with Crippen molar-refractivity contribution in [2.75, 3.05) is 0 Å². The summed E-state index contributed by atoms with van der Waals surface area (Å²) in [5.41, 5.74) is -5.75. The van der Waals surface area contributed by atoms with Crippen molar-refractivity contribution in [1.29, 1.82) is 0 Å². The molecule has 1 heterocycles. The van der Waals surface area contributed by atoms with Crippen LogP contribution < -0.4 is 0 Å². The first-order valence-electron chi connectivity index (χ1n) is 6.43. The van der Waals surface area contributed by atoms with Crippen molar-refractivity contribution in [3.63, 3.8) is 0 Å². The van der Waals surface area contributed by atoms with Crippen LogP contribution in [0.5, 0.6) is 0 Å². The second-order valence-electron chi connectivity index (χ2n) is 4.84. The van der Waals surface area contributed by atoms with Gasteiger partial charge in [-0.05, 0) is 6.07 Å². The van der Waals surface area contributed by atoms with E-state index in [1.165, 1.54) is 24.3 Å². The number of rotatable bonds is 4. The van der Waals surface area contributed by atoms with Gasteiger partial charge in [-0.25, -0.2) is 0 Å². The molecule has 0 aliphatic heterocycles. The van der Waals surface area contributed by atoms with Crippen LogP contribution in [-0.2, 0) is 0 Å². The third kappa shape index (κ3) is 2.51. The second-order valence-corrected chi connectivity index (χ2v) is 4.84. The maximum atomic E-state index is 11.4. The van der Waals surface area contributed by atoms with E-state index in [2.05, 4.69) is 4.98 Å². The molecule has 1 N–H and O–H groups in total. The van der Waals surface area contributed by atoms with Crippen molar-refractivity contribution >= 4 is 63.4 Å². The van der Waals surface area contributed by atoms with E-state index in [0.717, 1.165) is 0 Å². The maximum absolute atomic E-state index is 11.4. The molecule has 0 aliphatic rings. The van der Waals surface area contributed by atoms with E-state index in [1.807, 2.05) is 0 Å². The average molecular weight is 354 g/mol. The minimum Gasteiger partial charge on any atom is -0.348 e. The Balaban J connectivity index is 0.00000243. The predicted molar refractivity (Wildman–Crippen MR) is 88.2 cm³/mol. The van der Waals surface area contributed by atoms with Crippen molar-refractivity contribution in [2.24, 2.45) is 0 Å². The molecule has 14 heteroatoms. The molecule has 2 aromatic carbocycles. The van der Waals surface area contributed by atoms with Crippen molar-refractivity contribution < 1.29 is 19.7 Å². The molecule has 0 fully saturated rings. The molecule has 0 amide bonds. The normalized spacial score (nSPS) is 10.5. The quantitative estimate of drug-likeness (QED) is 0.420. The van der Waals surface area contributed by atoms with Crippen molar-refractivity contribution in [2.45, 2.75) is 0 Å². The molecule has 0 saturated carbocycles. The molecule has 0 aliphatic carbocycles. The van der Waals surface area contributed by atoms with E-state index in [9.17, 15) is 40.5 Å². The van der Waals surface area contributed by atoms with E-state index in [1.54, 1.807) is 0 Å². The van der Waals surface area contributed by atoms with Crippen LogP contribution in [0.3, 0.4) is 0 Å². The fraction of sp³-hybridized carbons (Fsp3) is 0. The smallest absolute Gasteiger partial charge is 0.348 e. The van der Waals surface area contributed by atoms with Crippen LogP contribution in [0.15, 0.2) is 24.3 Å². The summed E-state index contributed by atoms with van der Waals surface area (Å²) in [6, 6.07) is 5.79. The first-order chi connectivity index (χ1) is 11.8. The van der Waals surface area contributed by atoms with E-state index >= 15 is 0 Å². The van der Waals surface area contributed by atoms with Gasteiger partial charge in [0.15, 0.2) is 0 Å². The van der Waals surface area contributed by atoms with Gasteiger partial charge in [-0.15, -0.1) is 0 Å². The third-order valence-corrected chi connectivity index (χ3v) is 3.58. The molecular formula is C12H5LiN5O8. The molecule has 3 rings (SSSR count). The number of H-pyrrole nitrogens is 1. The van der Waals surface area contributed by atoms with Crippen LogP contribution in [0, 0.1) is 40.5 Å². The van der Waals surface area contributed by atoms with Crippen molar-refractivity contribution in [3.05, 3.63) is 64.7 Å². The van der Waals surface area contributed by atoms with Crippen LogP contribution in [0.2, 0.25) is 0 Å². The topological polar surface area (TPSA) is 188 Å². The number of para-hydroxylation sites is 1. The van der Waals surface area contributed by atoms with Gasteiger partial charge < -0.3 is 4.98 Å². The van der Waals surface area contributed by atoms with E-state index in [0.29, 0.717) is 0 Å². The fourth-order valence-corrected chi connectivity index (χ4v) is 2.73. The summed E-state index contributed by atoms with van der Waals surface area (Å²) < 4.78 is 0. The number of benzene rings is 2. The van der Waals surface area contributed by atoms with Gasteiger partial charge in [0.05, 0.1) is 19.7 Å². The van der Waals surface area contributed by atoms with Gasteiger partial charge in [-0.2, -0.15) is 0 Å². The van der Waals surface area contributed by atoms with Crippen LogP contribution in [0.25, 0.3) is 21.8 Å². The largest absolute Gasteiger partial charge is 0.432 e. The molecule has 26 heavy (non-hydrogen) atoms. The van der Waals surface area contributed by atoms with Gasteiger partial charge in [-0.1, -0.05) is 18.2 Å². The Bertz CT molecular complexity index is 1120. The van der Waals surface area contributed by atoms with Gasteiger partial charge in [0, 0.05) is 29.8 Å². The second kappa shape index (κ2) is 6.39. The molecule has 0 bridgehead atoms. The molecule has 0 saturated heterocycles. The summed E-state index contributed by atoms with van der Waals surface area (Å²) in [5.74, 6) is 0. The number of fused-ring (bicyclic) bond motifs is 3. The van der Waals surface area contributed by atoms with Gasteiger partial charge >= 0.3 is 22.7 Å². The zero-order valence-corrected chi connectivity index (χ0v) is 12.9. The molecule has 0 unspecified atom stereocenters. The number of nitro groups is 4. The first kappa shape index (κ1) is 18.8. The molecule has 1 aromatic heterocycles. The summed E-state index contributed by atoms with van der Waals surface area (Å²) in [5, 5.41) is 45.0. The van der Waals surface area contributed by atoms with Gasteiger partial charge in [-0.3, -0.25) is 40.5 Å². The molecule has 0 spiro atoms. The monoisotopic (exact) mass is 354 g/mol. The van der Waals surface area contributed by atoms with Crippen LogP contribution in [-0.4, -0.2) is 43.5 Å². The Hall–Kier alpha value is -3.56. The number of aromatic nitrogens is 1. The molecule has 0 atom stereocenters. The number of nitro benzene ring substituents is 4. The van der Waals surface area contributed by atoms with Gasteiger partial charge in [0.1, 0.15) is 10.9 Å². The van der Waals surface area contributed by atoms with E-state index in [4.69, 9.17) is 0 Å². The third-order valence-electron chi connectivity index (χ3n) is 3.58. The average Bonchev–Trinajstić information content (AvgIpc) is 2.90. The van der Waals surface area contributed by atoms with Gasteiger partial charge in [0.25, 0.3) is 0 Å². The Kier molecular flexibility index (Phi) is 4.61. The SMILES string of the molecule is O=[N+]([O-])c1c([N+](=O)[O-])c([N+](=O)[O-])c2c([nH]c3ccccc32)c1[N+](=O)[O-].[Li]. The summed E-state index contributed by atoms with van der Waals surface area (Å²) in [4.78, 5) is 42.8. The summed E-state index contributed by atoms with van der Waals surface area (Å²) in [6.45, 7) is 0. The molecule has 1 radical (unpaired) electrons. The zero-order valence-electron chi connectivity index (χ0n) is 12.9. The van der Waals surface area contributed by atoms with Crippen molar-refractivity contribution in [1.82, 2.24) is 4.98 Å². The molecular weight excluding hydrogens is 349 g/mol. The summed E-state index contributed by atoms with van der Waals surface area (Å²) in [7, 11) is 0. The Morgan fingerprint density at radius 3 is 1.65 bits per heavy atom. The molecule has 127 valence electrons. The minimum atomic E-state index is -1.54. The minimum absolute atomic E-state index is 0. The first-order valence-corrected chi connectivity index (χ1v) is 6.43. The number of nitrogens with zero attached hydrogens (tertiary/aromatic N) is 4. The number of aromatic amines is 1. The molecule has 3 aromatic rings. The Morgan fingerprint density at radius 2 is 1.15 bits per heavy atom. The summed E-state index contributed by atoms with van der Waals surface area (Å²) >= 11 is 0. The maximum Gasteiger partial charge on any atom is 0.432 e. The predicted octanol–water partition coefficient (Wildman–Crippen LogP) is 2.57. The van der Waals surface area contributed by atoms with Crippen LogP contribution in [0.1, 0.15) is 0 Å². The number of hydrogen-bond acceptors (Lipinski definition) is 8. The van der Waals surface area contributed by atoms with E-state index in [-0.39, 0.29) is 29.8 Å². The van der Waals surface area contributed by atoms with Crippen LogP contribution >= 0.6 is 0 Å². The number of nitrogens with one attached hydrogen (secondary N) is 1. The standard InChI is InChI=1S/C12H5N5O8.Li/c18-14(19)9-7-5-3-1-2-4-6(5)13-8(7)10(15(20)21)12(17(24)25)11(9)16(22)23;/h1-4,13H;. The Labute approximate surface area is 153 Å².